The molecule has 0 spiro atoms. The zero-order valence-electron chi connectivity index (χ0n) is 11.4. The molecule has 0 radical (unpaired) electrons. The molecule has 19 heavy (non-hydrogen) atoms. The summed E-state index contributed by atoms with van der Waals surface area (Å²) in [5.74, 6) is 4.35. The molecule has 0 aliphatic carbocycles. The van der Waals surface area contributed by atoms with E-state index in [2.05, 4.69) is 51.8 Å². The van der Waals surface area contributed by atoms with Gasteiger partial charge in [-0.1, -0.05) is 13.8 Å². The minimum Gasteiger partial charge on any atom is -0.369 e. The fourth-order valence-corrected chi connectivity index (χ4v) is 5.36. The second kappa shape index (κ2) is 7.74. The Labute approximate surface area is 132 Å². The van der Waals surface area contributed by atoms with Crippen LogP contribution < -0.4 is 5.32 Å². The van der Waals surface area contributed by atoms with E-state index in [1.165, 1.54) is 17.9 Å². The number of hydrogen-bond donors (Lipinski definition) is 1. The van der Waals surface area contributed by atoms with E-state index in [1.807, 2.05) is 18.0 Å². The second-order valence-electron chi connectivity index (χ2n) is 4.46. The first kappa shape index (κ1) is 15.4. The van der Waals surface area contributed by atoms with Crippen LogP contribution in [0.5, 0.6) is 0 Å². The van der Waals surface area contributed by atoms with Gasteiger partial charge in [-0.05, 0) is 28.8 Å². The summed E-state index contributed by atoms with van der Waals surface area (Å²) in [6, 6.07) is 0. The van der Waals surface area contributed by atoms with Gasteiger partial charge in [0.25, 0.3) is 0 Å². The molecule has 106 valence electrons. The average Bonchev–Trinajstić information content (AvgIpc) is 2.46. The maximum absolute atomic E-state index is 4.73. The molecular formula is C13H20BrN3S2. The van der Waals surface area contributed by atoms with Crippen LogP contribution >= 0.6 is 39.5 Å². The fourth-order valence-electron chi connectivity index (χ4n) is 2.03. The lowest BCUT2D eigenvalue weighted by Gasteiger charge is -2.28. The Morgan fingerprint density at radius 3 is 2.89 bits per heavy atom. The van der Waals surface area contributed by atoms with Gasteiger partial charge < -0.3 is 5.32 Å². The van der Waals surface area contributed by atoms with Crippen molar-refractivity contribution in [3.8, 4) is 0 Å². The Morgan fingerprint density at radius 2 is 2.16 bits per heavy atom. The minimum atomic E-state index is 0.430. The smallest absolute Gasteiger partial charge is 0.144 e. The van der Waals surface area contributed by atoms with E-state index in [0.717, 1.165) is 29.1 Å². The van der Waals surface area contributed by atoms with Crippen molar-refractivity contribution in [1.82, 2.24) is 9.97 Å². The van der Waals surface area contributed by atoms with Gasteiger partial charge in [0.15, 0.2) is 0 Å². The molecule has 3 nitrogen and oxygen atoms in total. The molecule has 1 saturated heterocycles. The lowest BCUT2D eigenvalue weighted by molar-refractivity contribution is 0.748. The Hall–Kier alpha value is 0.0600. The second-order valence-corrected chi connectivity index (χ2v) is 7.91. The summed E-state index contributed by atoms with van der Waals surface area (Å²) in [6.07, 6.45) is 4.16. The van der Waals surface area contributed by atoms with E-state index in [9.17, 15) is 0 Å². The minimum absolute atomic E-state index is 0.430. The molecule has 2 rings (SSSR count). The highest BCUT2D eigenvalue weighted by atomic mass is 79.9. The normalized spacial score (nSPS) is 23.3. The summed E-state index contributed by atoms with van der Waals surface area (Å²) < 4.78 is 0.950. The zero-order valence-corrected chi connectivity index (χ0v) is 14.6. The molecule has 2 atom stereocenters. The predicted molar refractivity (Wildman–Crippen MR) is 90.2 cm³/mol. The van der Waals surface area contributed by atoms with Crippen LogP contribution in [0.1, 0.15) is 37.8 Å². The van der Waals surface area contributed by atoms with Crippen LogP contribution in [0.15, 0.2) is 10.7 Å². The zero-order chi connectivity index (χ0) is 13.7. The number of halogens is 1. The maximum atomic E-state index is 4.73. The summed E-state index contributed by atoms with van der Waals surface area (Å²) >= 11 is 7.58. The number of aromatic nitrogens is 2. The highest BCUT2D eigenvalue weighted by Crippen LogP contribution is 2.43. The molecule has 1 aromatic rings. The first-order valence-corrected chi connectivity index (χ1v) is 9.64. The van der Waals surface area contributed by atoms with Crippen molar-refractivity contribution in [2.24, 2.45) is 0 Å². The lowest BCUT2D eigenvalue weighted by Crippen LogP contribution is -2.21. The van der Waals surface area contributed by atoms with Crippen molar-refractivity contribution in [3.63, 3.8) is 0 Å². The van der Waals surface area contributed by atoms with Crippen LogP contribution in [-0.4, -0.2) is 33.3 Å². The van der Waals surface area contributed by atoms with Crippen molar-refractivity contribution >= 4 is 45.3 Å². The Balaban J connectivity index is 2.18. The monoisotopic (exact) mass is 361 g/mol. The summed E-state index contributed by atoms with van der Waals surface area (Å²) in [6.45, 7) is 5.36. The van der Waals surface area contributed by atoms with Gasteiger partial charge in [0.05, 0.1) is 9.72 Å². The van der Waals surface area contributed by atoms with E-state index in [0.29, 0.717) is 10.5 Å². The first-order chi connectivity index (χ1) is 9.26. The van der Waals surface area contributed by atoms with Gasteiger partial charge in [0.1, 0.15) is 11.6 Å². The number of rotatable bonds is 5. The highest BCUT2D eigenvalue weighted by molar-refractivity contribution is 9.10. The van der Waals surface area contributed by atoms with Crippen LogP contribution in [0.25, 0.3) is 0 Å². The van der Waals surface area contributed by atoms with Gasteiger partial charge in [-0.15, -0.1) is 11.8 Å². The number of thioether (sulfide) groups is 2. The Kier molecular flexibility index (Phi) is 6.29. The van der Waals surface area contributed by atoms with Crippen LogP contribution in [0, 0.1) is 0 Å². The van der Waals surface area contributed by atoms with Crippen LogP contribution in [0.3, 0.4) is 0 Å². The molecule has 0 bridgehead atoms. The molecule has 1 aromatic heterocycles. The third kappa shape index (κ3) is 4.02. The molecule has 1 aliphatic heterocycles. The van der Waals surface area contributed by atoms with E-state index in [-0.39, 0.29) is 0 Å². The number of anilines is 1. The molecule has 0 aromatic carbocycles. The number of nitrogens with zero attached hydrogens (tertiary/aromatic N) is 2. The van der Waals surface area contributed by atoms with Gasteiger partial charge >= 0.3 is 0 Å². The maximum Gasteiger partial charge on any atom is 0.144 e. The van der Waals surface area contributed by atoms with E-state index in [4.69, 9.17) is 4.98 Å². The third-order valence-electron chi connectivity index (χ3n) is 3.01. The fraction of sp³-hybridized carbons (Fsp3) is 0.692. The van der Waals surface area contributed by atoms with Gasteiger partial charge in [0, 0.05) is 29.5 Å². The summed E-state index contributed by atoms with van der Waals surface area (Å²) in [4.78, 5) is 9.27. The van der Waals surface area contributed by atoms with E-state index >= 15 is 0 Å². The quantitative estimate of drug-likeness (QED) is 0.842. The van der Waals surface area contributed by atoms with Crippen molar-refractivity contribution in [3.05, 3.63) is 16.5 Å². The van der Waals surface area contributed by atoms with Crippen LogP contribution in [0.4, 0.5) is 5.82 Å². The van der Waals surface area contributed by atoms with Gasteiger partial charge in [-0.3, -0.25) is 0 Å². The summed E-state index contributed by atoms with van der Waals surface area (Å²) in [5.41, 5.74) is 0. The molecule has 6 heteroatoms. The van der Waals surface area contributed by atoms with Crippen LogP contribution in [0.2, 0.25) is 0 Å². The Morgan fingerprint density at radius 1 is 1.37 bits per heavy atom. The lowest BCUT2D eigenvalue weighted by atomic mass is 10.2. The van der Waals surface area contributed by atoms with Crippen molar-refractivity contribution in [2.75, 3.05) is 23.4 Å². The van der Waals surface area contributed by atoms with E-state index in [1.54, 1.807) is 0 Å². The van der Waals surface area contributed by atoms with Gasteiger partial charge in [0.2, 0.25) is 0 Å². The SMILES string of the molecule is CCCNc1nc(C2SCCSC2CC)ncc1Br. The van der Waals surface area contributed by atoms with Crippen LogP contribution in [-0.2, 0) is 0 Å². The van der Waals surface area contributed by atoms with Gasteiger partial charge in [-0.2, -0.15) is 11.8 Å². The van der Waals surface area contributed by atoms with Gasteiger partial charge in [-0.25, -0.2) is 9.97 Å². The molecule has 0 amide bonds. The van der Waals surface area contributed by atoms with E-state index < -0.39 is 0 Å². The number of hydrogen-bond acceptors (Lipinski definition) is 5. The van der Waals surface area contributed by atoms with Crippen molar-refractivity contribution in [1.29, 1.82) is 0 Å². The first-order valence-electron chi connectivity index (χ1n) is 6.75. The summed E-state index contributed by atoms with van der Waals surface area (Å²) in [5, 5.41) is 4.43. The molecule has 0 saturated carbocycles. The predicted octanol–water partition coefficient (Wildman–Crippen LogP) is 4.36. The average molecular weight is 362 g/mol. The topological polar surface area (TPSA) is 37.8 Å². The standard InChI is InChI=1S/C13H20BrN3S2/c1-3-5-15-12-9(14)8-16-13(17-12)11-10(4-2)18-6-7-19-11/h8,10-11H,3-7H2,1-2H3,(H,15,16,17). The molecule has 1 fully saturated rings. The molecule has 1 aliphatic rings. The largest absolute Gasteiger partial charge is 0.369 e. The highest BCUT2D eigenvalue weighted by Gasteiger charge is 2.29. The third-order valence-corrected chi connectivity index (χ3v) is 6.84. The van der Waals surface area contributed by atoms with Crippen molar-refractivity contribution in [2.45, 2.75) is 37.2 Å². The molecule has 2 unspecified atom stereocenters. The molecular weight excluding hydrogens is 342 g/mol. The number of nitrogens with one attached hydrogen (secondary N) is 1. The van der Waals surface area contributed by atoms with Crippen molar-refractivity contribution < 1.29 is 0 Å². The Bertz CT molecular complexity index is 417. The summed E-state index contributed by atoms with van der Waals surface area (Å²) in [7, 11) is 0. The molecule has 2 heterocycles. The molecule has 1 N–H and O–H groups in total.